The summed E-state index contributed by atoms with van der Waals surface area (Å²) in [4.78, 5) is 37.3. The monoisotopic (exact) mass is 286 g/mol. The summed E-state index contributed by atoms with van der Waals surface area (Å²) in [5.41, 5.74) is -0.654. The fraction of sp³-hybridized carbons (Fsp3) is 0.769. The minimum absolute atomic E-state index is 0.000417. The van der Waals surface area contributed by atoms with Crippen molar-refractivity contribution in [1.29, 1.82) is 0 Å². The zero-order valence-electron chi connectivity index (χ0n) is 12.8. The van der Waals surface area contributed by atoms with Gasteiger partial charge in [-0.2, -0.15) is 0 Å². The van der Waals surface area contributed by atoms with Crippen LogP contribution in [0.25, 0.3) is 0 Å². The average molecular weight is 286 g/mol. The van der Waals surface area contributed by atoms with Crippen LogP contribution in [0.2, 0.25) is 0 Å². The molecule has 2 unspecified atom stereocenters. The van der Waals surface area contributed by atoms with Crippen LogP contribution in [0.1, 0.15) is 48.0 Å². The summed E-state index contributed by atoms with van der Waals surface area (Å²) < 4.78 is 5.10. The lowest BCUT2D eigenvalue weighted by molar-refractivity contribution is -0.520. The van der Waals surface area contributed by atoms with Crippen molar-refractivity contribution >= 4 is 17.5 Å². The Hall–Kier alpha value is -1.79. The first-order valence-corrected chi connectivity index (χ1v) is 6.37. The largest absolute Gasteiger partial charge is 0.460 e. The lowest BCUT2D eigenvalue weighted by Crippen LogP contribution is -2.31. The van der Waals surface area contributed by atoms with Crippen molar-refractivity contribution in [2.75, 3.05) is 0 Å². The molecule has 0 heterocycles. The summed E-state index contributed by atoms with van der Waals surface area (Å²) in [6.07, 6.45) is -0.276. The normalized spacial score (nSPS) is 15.4. The van der Waals surface area contributed by atoms with Crippen LogP contribution in [0.3, 0.4) is 0 Å². The summed E-state index contributed by atoms with van der Waals surface area (Å²) in [5, 5.41) is 10.7. The standard InChI is InChI=1S/C13H22N2O5/c1-8(9(2)15(18)19)14-11(10(3)16)7-12(17)20-13(4,5)6/h8-9H,7H2,1-6H3. The van der Waals surface area contributed by atoms with Gasteiger partial charge in [0.05, 0.1) is 12.1 Å². The highest BCUT2D eigenvalue weighted by molar-refractivity contribution is 6.41. The van der Waals surface area contributed by atoms with E-state index in [4.69, 9.17) is 4.74 Å². The van der Waals surface area contributed by atoms with Gasteiger partial charge in [0.1, 0.15) is 11.6 Å². The second-order valence-corrected chi connectivity index (χ2v) is 5.66. The first-order chi connectivity index (χ1) is 8.94. The summed E-state index contributed by atoms with van der Waals surface area (Å²) in [7, 11) is 0. The van der Waals surface area contributed by atoms with Gasteiger partial charge >= 0.3 is 5.97 Å². The Labute approximate surface area is 118 Å². The Morgan fingerprint density at radius 1 is 1.30 bits per heavy atom. The Balaban J connectivity index is 4.95. The van der Waals surface area contributed by atoms with Crippen LogP contribution < -0.4 is 0 Å². The highest BCUT2D eigenvalue weighted by Crippen LogP contribution is 2.10. The highest BCUT2D eigenvalue weighted by Gasteiger charge is 2.25. The van der Waals surface area contributed by atoms with Gasteiger partial charge in [-0.15, -0.1) is 0 Å². The van der Waals surface area contributed by atoms with Gasteiger partial charge in [0.25, 0.3) is 0 Å². The van der Waals surface area contributed by atoms with E-state index >= 15 is 0 Å². The Bertz CT molecular complexity index is 423. The molecule has 0 saturated carbocycles. The lowest BCUT2D eigenvalue weighted by Gasteiger charge is -2.19. The smallest absolute Gasteiger partial charge is 0.312 e. The molecule has 0 saturated heterocycles. The van der Waals surface area contributed by atoms with Crippen molar-refractivity contribution in [2.24, 2.45) is 4.99 Å². The van der Waals surface area contributed by atoms with Crippen LogP contribution >= 0.6 is 0 Å². The maximum Gasteiger partial charge on any atom is 0.312 e. The molecule has 0 aromatic heterocycles. The Morgan fingerprint density at radius 3 is 2.15 bits per heavy atom. The minimum atomic E-state index is -0.928. The molecule has 0 spiro atoms. The van der Waals surface area contributed by atoms with Crippen molar-refractivity contribution in [3.63, 3.8) is 0 Å². The number of ketones is 1. The third-order valence-corrected chi connectivity index (χ3v) is 2.53. The second-order valence-electron chi connectivity index (χ2n) is 5.66. The number of nitro groups is 1. The highest BCUT2D eigenvalue weighted by atomic mass is 16.6. The van der Waals surface area contributed by atoms with Gasteiger partial charge in [-0.1, -0.05) is 0 Å². The van der Waals surface area contributed by atoms with Gasteiger partial charge in [0.2, 0.25) is 6.04 Å². The van der Waals surface area contributed by atoms with E-state index < -0.39 is 34.4 Å². The van der Waals surface area contributed by atoms with E-state index in [0.29, 0.717) is 0 Å². The van der Waals surface area contributed by atoms with Crippen molar-refractivity contribution < 1.29 is 19.2 Å². The molecule has 2 atom stereocenters. The molecule has 0 amide bonds. The molecule has 114 valence electrons. The van der Waals surface area contributed by atoms with Crippen molar-refractivity contribution in [3.05, 3.63) is 10.1 Å². The predicted molar refractivity (Wildman–Crippen MR) is 74.5 cm³/mol. The second kappa shape index (κ2) is 7.12. The molecule has 7 heteroatoms. The maximum absolute atomic E-state index is 11.7. The van der Waals surface area contributed by atoms with Crippen LogP contribution in [0, 0.1) is 10.1 Å². The van der Waals surface area contributed by atoms with Crippen LogP contribution in [-0.4, -0.2) is 40.1 Å². The predicted octanol–water partition coefficient (Wildman–Crippen LogP) is 1.80. The third-order valence-electron chi connectivity index (χ3n) is 2.53. The van der Waals surface area contributed by atoms with Crippen molar-refractivity contribution in [1.82, 2.24) is 0 Å². The molecular formula is C13H22N2O5. The number of hydrogen-bond donors (Lipinski definition) is 0. The SMILES string of the molecule is CC(=O)C(CC(=O)OC(C)(C)C)=NC(C)C(C)[N+](=O)[O-]. The molecule has 0 radical (unpaired) electrons. The summed E-state index contributed by atoms with van der Waals surface area (Å²) in [6.45, 7) is 9.35. The zero-order valence-corrected chi connectivity index (χ0v) is 12.8. The van der Waals surface area contributed by atoms with Crippen LogP contribution in [0.15, 0.2) is 4.99 Å². The van der Waals surface area contributed by atoms with Crippen molar-refractivity contribution in [2.45, 2.75) is 65.6 Å². The molecule has 0 aliphatic heterocycles. The summed E-state index contributed by atoms with van der Waals surface area (Å²) in [6, 6.07) is -1.62. The topological polar surface area (TPSA) is 98.9 Å². The summed E-state index contributed by atoms with van der Waals surface area (Å²) >= 11 is 0. The van der Waals surface area contributed by atoms with E-state index in [2.05, 4.69) is 4.99 Å². The van der Waals surface area contributed by atoms with Crippen LogP contribution in [-0.2, 0) is 14.3 Å². The van der Waals surface area contributed by atoms with E-state index in [0.717, 1.165) is 0 Å². The molecule has 0 bridgehead atoms. The number of Topliss-reactive ketones (excluding diaryl/α,β-unsaturated/α-hetero) is 1. The van der Waals surface area contributed by atoms with Gasteiger partial charge in [-0.05, 0) is 27.7 Å². The Kier molecular flexibility index (Phi) is 6.48. The van der Waals surface area contributed by atoms with E-state index in [-0.39, 0.29) is 12.1 Å². The van der Waals surface area contributed by atoms with Gasteiger partial charge in [0.15, 0.2) is 5.78 Å². The fourth-order valence-electron chi connectivity index (χ4n) is 1.31. The molecule has 0 aromatic rings. The first kappa shape index (κ1) is 18.2. The van der Waals surface area contributed by atoms with Gasteiger partial charge < -0.3 is 4.74 Å². The number of nitrogens with zero attached hydrogens (tertiary/aromatic N) is 2. The van der Waals surface area contributed by atoms with E-state index in [1.807, 2.05) is 0 Å². The van der Waals surface area contributed by atoms with E-state index in [1.165, 1.54) is 20.8 Å². The number of esters is 1. The quantitative estimate of drug-likeness (QED) is 0.321. The maximum atomic E-state index is 11.7. The average Bonchev–Trinajstić information content (AvgIpc) is 2.23. The molecule has 0 aromatic carbocycles. The number of rotatable bonds is 6. The van der Waals surface area contributed by atoms with Gasteiger partial charge in [0, 0.05) is 18.8 Å². The number of hydrogen-bond acceptors (Lipinski definition) is 6. The van der Waals surface area contributed by atoms with E-state index in [9.17, 15) is 19.7 Å². The Morgan fingerprint density at radius 2 is 1.80 bits per heavy atom. The number of carbonyl (C=O) groups excluding carboxylic acids is 2. The van der Waals surface area contributed by atoms with Crippen molar-refractivity contribution in [3.8, 4) is 0 Å². The molecule has 7 nitrogen and oxygen atoms in total. The number of carbonyl (C=O) groups is 2. The van der Waals surface area contributed by atoms with E-state index in [1.54, 1.807) is 20.8 Å². The minimum Gasteiger partial charge on any atom is -0.460 e. The molecule has 20 heavy (non-hydrogen) atoms. The fourth-order valence-corrected chi connectivity index (χ4v) is 1.31. The van der Waals surface area contributed by atoms with Gasteiger partial charge in [-0.25, -0.2) is 0 Å². The number of ether oxygens (including phenoxy) is 1. The first-order valence-electron chi connectivity index (χ1n) is 6.37. The molecule has 0 N–H and O–H groups in total. The molecule has 0 aliphatic carbocycles. The zero-order chi connectivity index (χ0) is 16.1. The third kappa shape index (κ3) is 6.96. The van der Waals surface area contributed by atoms with Crippen LogP contribution in [0.5, 0.6) is 0 Å². The summed E-state index contributed by atoms with van der Waals surface area (Å²) in [5.74, 6) is -0.967. The van der Waals surface area contributed by atoms with Crippen LogP contribution in [0.4, 0.5) is 0 Å². The molecule has 0 rings (SSSR count). The molecular weight excluding hydrogens is 264 g/mol. The van der Waals surface area contributed by atoms with Gasteiger partial charge in [-0.3, -0.25) is 24.7 Å². The number of aliphatic imine (C=N–C) groups is 1. The molecule has 0 fully saturated rings. The lowest BCUT2D eigenvalue weighted by atomic mass is 10.1. The molecule has 0 aliphatic rings.